The fraction of sp³-hybridized carbons (Fsp3) is 0.429. The molecule has 0 spiro atoms. The molecule has 1 rings (SSSR count). The van der Waals surface area contributed by atoms with Gasteiger partial charge in [-0.25, -0.2) is 4.98 Å². The lowest BCUT2D eigenvalue weighted by atomic mass is 10.1. The molecule has 0 fully saturated rings. The molecule has 1 aromatic heterocycles. The number of aliphatic carboxylic acids is 1. The minimum Gasteiger partial charge on any atom is -0.481 e. The fourth-order valence-corrected chi connectivity index (χ4v) is 1.53. The van der Waals surface area contributed by atoms with Gasteiger partial charge in [-0.2, -0.15) is 0 Å². The van der Waals surface area contributed by atoms with Gasteiger partial charge in [-0.3, -0.25) is 4.79 Å². The Balaban J connectivity index is 2.56. The zero-order chi connectivity index (χ0) is 8.27. The Morgan fingerprint density at radius 1 is 1.91 bits per heavy atom. The summed E-state index contributed by atoms with van der Waals surface area (Å²) in [7, 11) is 0. The summed E-state index contributed by atoms with van der Waals surface area (Å²) in [5, 5.41) is 11.2. The molecule has 0 aromatic carbocycles. The zero-order valence-corrected chi connectivity index (χ0v) is 6.97. The minimum absolute atomic E-state index is 0.0347. The number of hydrogen-bond acceptors (Lipinski definition) is 3. The molecule has 1 atom stereocenters. The topological polar surface area (TPSA) is 50.2 Å². The van der Waals surface area contributed by atoms with Crippen molar-refractivity contribution in [3.05, 3.63) is 16.6 Å². The molecule has 1 N–H and O–H groups in total. The summed E-state index contributed by atoms with van der Waals surface area (Å²) in [6, 6.07) is 0. The SMILES string of the molecule is CC(CC(=O)O)c1nccs1. The maximum absolute atomic E-state index is 10.3. The predicted octanol–water partition coefficient (Wildman–Crippen LogP) is 1.72. The van der Waals surface area contributed by atoms with Crippen LogP contribution in [0.25, 0.3) is 0 Å². The molecule has 0 bridgehead atoms. The lowest BCUT2D eigenvalue weighted by Gasteiger charge is -2.02. The van der Waals surface area contributed by atoms with E-state index in [9.17, 15) is 4.79 Å². The first kappa shape index (κ1) is 8.20. The molecular weight excluding hydrogens is 162 g/mol. The molecule has 0 radical (unpaired) electrons. The largest absolute Gasteiger partial charge is 0.481 e. The van der Waals surface area contributed by atoms with Crippen molar-refractivity contribution in [1.29, 1.82) is 0 Å². The molecule has 4 heteroatoms. The van der Waals surface area contributed by atoms with Gasteiger partial charge in [0.05, 0.1) is 11.4 Å². The van der Waals surface area contributed by atoms with Gasteiger partial charge in [0.2, 0.25) is 0 Å². The van der Waals surface area contributed by atoms with E-state index in [0.29, 0.717) is 0 Å². The molecule has 0 saturated carbocycles. The molecule has 0 aliphatic rings. The van der Waals surface area contributed by atoms with Crippen LogP contribution in [0.5, 0.6) is 0 Å². The number of carboxylic acids is 1. The van der Waals surface area contributed by atoms with Gasteiger partial charge in [0.25, 0.3) is 0 Å². The van der Waals surface area contributed by atoms with Crippen LogP contribution in [0, 0.1) is 0 Å². The van der Waals surface area contributed by atoms with Gasteiger partial charge in [0, 0.05) is 17.5 Å². The van der Waals surface area contributed by atoms with Crippen LogP contribution in [0.1, 0.15) is 24.3 Å². The summed E-state index contributed by atoms with van der Waals surface area (Å²) < 4.78 is 0. The van der Waals surface area contributed by atoms with Gasteiger partial charge in [0.15, 0.2) is 0 Å². The summed E-state index contributed by atoms with van der Waals surface area (Å²) >= 11 is 1.50. The van der Waals surface area contributed by atoms with Crippen molar-refractivity contribution in [3.8, 4) is 0 Å². The van der Waals surface area contributed by atoms with E-state index in [4.69, 9.17) is 5.11 Å². The monoisotopic (exact) mass is 171 g/mol. The van der Waals surface area contributed by atoms with Gasteiger partial charge in [-0.15, -0.1) is 11.3 Å². The molecule has 1 aromatic rings. The van der Waals surface area contributed by atoms with E-state index in [-0.39, 0.29) is 12.3 Å². The predicted molar refractivity (Wildman–Crippen MR) is 42.8 cm³/mol. The highest BCUT2D eigenvalue weighted by atomic mass is 32.1. The second-order valence-electron chi connectivity index (χ2n) is 2.37. The summed E-state index contributed by atoms with van der Waals surface area (Å²) in [4.78, 5) is 14.3. The fourth-order valence-electron chi connectivity index (χ4n) is 0.827. The highest BCUT2D eigenvalue weighted by Gasteiger charge is 2.11. The van der Waals surface area contributed by atoms with Gasteiger partial charge in [-0.1, -0.05) is 6.92 Å². The number of nitrogens with zero attached hydrogens (tertiary/aromatic N) is 1. The molecule has 11 heavy (non-hydrogen) atoms. The molecule has 0 saturated heterocycles. The Morgan fingerprint density at radius 3 is 3.09 bits per heavy atom. The van der Waals surface area contributed by atoms with Crippen molar-refractivity contribution in [2.24, 2.45) is 0 Å². The standard InChI is InChI=1S/C7H9NO2S/c1-5(4-6(9)10)7-8-2-3-11-7/h2-3,5H,4H2,1H3,(H,9,10). The summed E-state index contributed by atoms with van der Waals surface area (Å²) in [5.74, 6) is -0.736. The Labute approximate surface area is 68.7 Å². The van der Waals surface area contributed by atoms with Gasteiger partial charge in [-0.05, 0) is 0 Å². The van der Waals surface area contributed by atoms with E-state index in [0.717, 1.165) is 5.01 Å². The van der Waals surface area contributed by atoms with Crippen molar-refractivity contribution in [3.63, 3.8) is 0 Å². The quantitative estimate of drug-likeness (QED) is 0.753. The van der Waals surface area contributed by atoms with Gasteiger partial charge >= 0.3 is 5.97 Å². The average molecular weight is 171 g/mol. The van der Waals surface area contributed by atoms with Gasteiger partial charge < -0.3 is 5.11 Å². The number of thiazole rings is 1. The number of aromatic nitrogens is 1. The second-order valence-corrected chi connectivity index (χ2v) is 3.30. The Morgan fingerprint density at radius 2 is 2.64 bits per heavy atom. The summed E-state index contributed by atoms with van der Waals surface area (Å²) in [5.41, 5.74) is 0. The van der Waals surface area contributed by atoms with Crippen LogP contribution in [0.4, 0.5) is 0 Å². The molecule has 3 nitrogen and oxygen atoms in total. The lowest BCUT2D eigenvalue weighted by molar-refractivity contribution is -0.137. The van der Waals surface area contributed by atoms with E-state index in [1.165, 1.54) is 11.3 Å². The van der Waals surface area contributed by atoms with Crippen LogP contribution in [0.3, 0.4) is 0 Å². The zero-order valence-electron chi connectivity index (χ0n) is 6.15. The molecule has 60 valence electrons. The first-order chi connectivity index (χ1) is 5.20. The number of carboxylic acid groups (broad SMARTS) is 1. The minimum atomic E-state index is -0.771. The number of carbonyl (C=O) groups is 1. The summed E-state index contributed by atoms with van der Waals surface area (Å²) in [6.07, 6.45) is 1.85. The maximum atomic E-state index is 10.3. The Bertz CT molecular complexity index is 233. The van der Waals surface area contributed by atoms with Crippen LogP contribution in [0.2, 0.25) is 0 Å². The second kappa shape index (κ2) is 3.48. The van der Waals surface area contributed by atoms with Crippen molar-refractivity contribution < 1.29 is 9.90 Å². The first-order valence-electron chi connectivity index (χ1n) is 3.31. The van der Waals surface area contributed by atoms with Crippen molar-refractivity contribution in [2.75, 3.05) is 0 Å². The molecule has 0 aliphatic carbocycles. The van der Waals surface area contributed by atoms with Crippen LogP contribution in [-0.2, 0) is 4.79 Å². The normalized spacial score (nSPS) is 12.8. The highest BCUT2D eigenvalue weighted by Crippen LogP contribution is 2.20. The molecule has 1 heterocycles. The average Bonchev–Trinajstić information content (AvgIpc) is 2.35. The van der Waals surface area contributed by atoms with Crippen molar-refractivity contribution >= 4 is 17.3 Å². The van der Waals surface area contributed by atoms with Gasteiger partial charge in [0.1, 0.15) is 0 Å². The lowest BCUT2D eigenvalue weighted by Crippen LogP contribution is -2.01. The summed E-state index contributed by atoms with van der Waals surface area (Å²) in [6.45, 7) is 1.87. The number of hydrogen-bond donors (Lipinski definition) is 1. The number of rotatable bonds is 3. The van der Waals surface area contributed by atoms with E-state index in [1.807, 2.05) is 12.3 Å². The Kier molecular flexibility index (Phi) is 2.59. The van der Waals surface area contributed by atoms with Crippen LogP contribution >= 0.6 is 11.3 Å². The van der Waals surface area contributed by atoms with Crippen LogP contribution in [0.15, 0.2) is 11.6 Å². The van der Waals surface area contributed by atoms with E-state index >= 15 is 0 Å². The Hall–Kier alpha value is -0.900. The van der Waals surface area contributed by atoms with E-state index in [1.54, 1.807) is 6.20 Å². The van der Waals surface area contributed by atoms with E-state index in [2.05, 4.69) is 4.98 Å². The van der Waals surface area contributed by atoms with Crippen molar-refractivity contribution in [1.82, 2.24) is 4.98 Å². The maximum Gasteiger partial charge on any atom is 0.304 e. The van der Waals surface area contributed by atoms with E-state index < -0.39 is 5.97 Å². The highest BCUT2D eigenvalue weighted by molar-refractivity contribution is 7.09. The first-order valence-corrected chi connectivity index (χ1v) is 4.19. The molecule has 1 unspecified atom stereocenters. The third-order valence-corrected chi connectivity index (χ3v) is 2.36. The van der Waals surface area contributed by atoms with Crippen molar-refractivity contribution in [2.45, 2.75) is 19.3 Å². The van der Waals surface area contributed by atoms with Crippen LogP contribution in [-0.4, -0.2) is 16.1 Å². The smallest absolute Gasteiger partial charge is 0.304 e. The molecule has 0 aliphatic heterocycles. The van der Waals surface area contributed by atoms with Crippen LogP contribution < -0.4 is 0 Å². The molecular formula is C7H9NO2S. The third-order valence-electron chi connectivity index (χ3n) is 1.35. The third kappa shape index (κ3) is 2.31. The molecule has 0 amide bonds.